The van der Waals surface area contributed by atoms with Crippen LogP contribution in [0, 0.1) is 0 Å². The molecule has 0 fully saturated rings. The lowest BCUT2D eigenvalue weighted by Crippen LogP contribution is -2.46. The highest BCUT2D eigenvalue weighted by atomic mass is 35.5. The number of halogens is 2. The first kappa shape index (κ1) is 30.4. The van der Waals surface area contributed by atoms with Crippen molar-refractivity contribution in [3.8, 4) is 0 Å². The minimum absolute atomic E-state index is 0. The first-order valence-electron chi connectivity index (χ1n) is 10.0. The molecule has 2 N–H and O–H groups in total. The Morgan fingerprint density at radius 3 is 1.87 bits per heavy atom. The number of carbonyl (C=O) groups is 2. The smallest absolute Gasteiger partial charge is 0.408 e. The molecule has 0 aromatic carbocycles. The monoisotopic (exact) mass is 466 g/mol. The Balaban J connectivity index is 0. The van der Waals surface area contributed by atoms with Gasteiger partial charge in [-0.2, -0.15) is 0 Å². The fourth-order valence-electron chi connectivity index (χ4n) is 2.49. The number of carbonyl (C=O) groups excluding carboxylic acids is 2. The molecule has 2 amide bonds. The van der Waals surface area contributed by atoms with Gasteiger partial charge in [0.25, 0.3) is 0 Å². The van der Waals surface area contributed by atoms with Gasteiger partial charge in [-0.1, -0.05) is 32.8 Å². The quantitative estimate of drug-likeness (QED) is 0.348. The highest BCUT2D eigenvalue weighted by Crippen LogP contribution is 2.13. The maximum absolute atomic E-state index is 12.0. The SMILES string of the molecule is CCCCNC(=O)OC(C)N(Cc1ccccn1)C(C)OC(=O)NCCCC.Cl.Cl. The molecule has 1 aromatic rings. The summed E-state index contributed by atoms with van der Waals surface area (Å²) in [6, 6.07) is 5.58. The Morgan fingerprint density at radius 2 is 1.47 bits per heavy atom. The molecule has 2 atom stereocenters. The van der Waals surface area contributed by atoms with Crippen LogP contribution in [0.5, 0.6) is 0 Å². The van der Waals surface area contributed by atoms with Crippen LogP contribution in [0.15, 0.2) is 24.4 Å². The van der Waals surface area contributed by atoms with E-state index in [1.807, 2.05) is 18.2 Å². The fraction of sp³-hybridized carbons (Fsp3) is 0.650. The van der Waals surface area contributed by atoms with Gasteiger partial charge in [0.1, 0.15) is 0 Å². The van der Waals surface area contributed by atoms with Gasteiger partial charge in [-0.25, -0.2) is 14.5 Å². The number of hydrogen-bond acceptors (Lipinski definition) is 6. The van der Waals surface area contributed by atoms with Crippen molar-refractivity contribution in [1.82, 2.24) is 20.5 Å². The number of pyridine rings is 1. The normalized spacial score (nSPS) is 12.0. The predicted octanol–water partition coefficient (Wildman–Crippen LogP) is 4.47. The van der Waals surface area contributed by atoms with Crippen molar-refractivity contribution in [2.45, 2.75) is 72.4 Å². The van der Waals surface area contributed by atoms with Crippen molar-refractivity contribution < 1.29 is 19.1 Å². The van der Waals surface area contributed by atoms with E-state index in [-0.39, 0.29) is 24.8 Å². The highest BCUT2D eigenvalue weighted by Gasteiger charge is 2.26. The molecule has 1 rings (SSSR count). The van der Waals surface area contributed by atoms with E-state index < -0.39 is 24.6 Å². The number of alkyl carbamates (subject to hydrolysis) is 2. The van der Waals surface area contributed by atoms with E-state index in [4.69, 9.17) is 9.47 Å². The van der Waals surface area contributed by atoms with Gasteiger partial charge in [0.2, 0.25) is 0 Å². The van der Waals surface area contributed by atoms with Crippen molar-refractivity contribution >= 4 is 37.0 Å². The van der Waals surface area contributed by atoms with Crippen LogP contribution >= 0.6 is 24.8 Å². The summed E-state index contributed by atoms with van der Waals surface area (Å²) in [6.45, 7) is 9.09. The molecular formula is C20H36Cl2N4O4. The van der Waals surface area contributed by atoms with Crippen LogP contribution < -0.4 is 10.6 Å². The average molecular weight is 467 g/mol. The molecule has 0 spiro atoms. The standard InChI is InChI=1S/C20H34N4O4.2ClH/c1-5-7-12-22-19(25)27-16(3)24(15-18-11-9-10-14-21-18)17(4)28-20(26)23-13-8-6-2;;/h9-11,14,16-17H,5-8,12-13,15H2,1-4H3,(H,22,25)(H,23,26);2*1H. The molecule has 0 radical (unpaired) electrons. The molecule has 0 bridgehead atoms. The van der Waals surface area contributed by atoms with E-state index in [1.165, 1.54) is 0 Å². The van der Waals surface area contributed by atoms with Gasteiger partial charge in [0.05, 0.1) is 5.69 Å². The molecule has 174 valence electrons. The molecule has 2 unspecified atom stereocenters. The van der Waals surface area contributed by atoms with E-state index in [1.54, 1.807) is 24.9 Å². The highest BCUT2D eigenvalue weighted by molar-refractivity contribution is 5.85. The second kappa shape index (κ2) is 18.0. The van der Waals surface area contributed by atoms with E-state index in [0.29, 0.717) is 19.6 Å². The van der Waals surface area contributed by atoms with Crippen molar-refractivity contribution in [2.24, 2.45) is 0 Å². The second-order valence-electron chi connectivity index (χ2n) is 6.56. The van der Waals surface area contributed by atoms with E-state index in [2.05, 4.69) is 29.5 Å². The van der Waals surface area contributed by atoms with Crippen LogP contribution in [0.4, 0.5) is 9.59 Å². The number of nitrogens with zero attached hydrogens (tertiary/aromatic N) is 2. The molecule has 30 heavy (non-hydrogen) atoms. The summed E-state index contributed by atoms with van der Waals surface area (Å²) < 4.78 is 10.9. The Kier molecular flexibility index (Phi) is 18.3. The summed E-state index contributed by atoms with van der Waals surface area (Å²) in [5.41, 5.74) is 0.784. The van der Waals surface area contributed by atoms with Gasteiger partial charge < -0.3 is 20.1 Å². The topological polar surface area (TPSA) is 92.8 Å². The Hall–Kier alpha value is -1.77. The third-order valence-electron chi connectivity index (χ3n) is 4.16. The summed E-state index contributed by atoms with van der Waals surface area (Å²) in [6.07, 6.45) is 3.23. The van der Waals surface area contributed by atoms with Gasteiger partial charge in [0, 0.05) is 25.8 Å². The number of amides is 2. The van der Waals surface area contributed by atoms with E-state index in [0.717, 1.165) is 31.4 Å². The first-order valence-corrected chi connectivity index (χ1v) is 10.0. The minimum Gasteiger partial charge on any atom is -0.430 e. The number of ether oxygens (including phenoxy) is 2. The molecule has 0 aliphatic rings. The van der Waals surface area contributed by atoms with Crippen LogP contribution in [-0.2, 0) is 16.0 Å². The number of hydrogen-bond donors (Lipinski definition) is 2. The summed E-state index contributed by atoms with van der Waals surface area (Å²) in [7, 11) is 0. The number of nitrogens with one attached hydrogen (secondary N) is 2. The summed E-state index contributed by atoms with van der Waals surface area (Å²) in [5, 5.41) is 5.45. The summed E-state index contributed by atoms with van der Waals surface area (Å²) >= 11 is 0. The van der Waals surface area contributed by atoms with Crippen LogP contribution in [0.2, 0.25) is 0 Å². The molecule has 0 saturated heterocycles. The van der Waals surface area contributed by atoms with Gasteiger partial charge in [-0.3, -0.25) is 4.98 Å². The lowest BCUT2D eigenvalue weighted by atomic mass is 10.3. The molecule has 1 heterocycles. The van der Waals surface area contributed by atoms with E-state index in [9.17, 15) is 9.59 Å². The van der Waals surface area contributed by atoms with Gasteiger partial charge in [-0.05, 0) is 38.8 Å². The Labute approximate surface area is 192 Å². The third kappa shape index (κ3) is 12.7. The fourth-order valence-corrected chi connectivity index (χ4v) is 2.49. The van der Waals surface area contributed by atoms with Crippen LogP contribution in [-0.4, -0.2) is 47.6 Å². The molecule has 8 nitrogen and oxygen atoms in total. The second-order valence-corrected chi connectivity index (χ2v) is 6.56. The maximum Gasteiger partial charge on any atom is 0.408 e. The number of unbranched alkanes of at least 4 members (excludes halogenated alkanes) is 2. The van der Waals surface area contributed by atoms with Gasteiger partial charge >= 0.3 is 12.2 Å². The lowest BCUT2D eigenvalue weighted by Gasteiger charge is -2.32. The van der Waals surface area contributed by atoms with Crippen molar-refractivity contribution in [3.63, 3.8) is 0 Å². The Bertz CT molecular complexity index is 551. The third-order valence-corrected chi connectivity index (χ3v) is 4.16. The number of aromatic nitrogens is 1. The van der Waals surface area contributed by atoms with Crippen LogP contribution in [0.25, 0.3) is 0 Å². The maximum atomic E-state index is 12.0. The predicted molar refractivity (Wildman–Crippen MR) is 122 cm³/mol. The molecule has 10 heteroatoms. The largest absolute Gasteiger partial charge is 0.430 e. The minimum atomic E-state index is -0.609. The molecule has 0 aliphatic heterocycles. The molecule has 0 saturated carbocycles. The van der Waals surface area contributed by atoms with Crippen molar-refractivity contribution in [3.05, 3.63) is 30.1 Å². The van der Waals surface area contributed by atoms with Gasteiger partial charge in [0.15, 0.2) is 12.5 Å². The van der Waals surface area contributed by atoms with Crippen LogP contribution in [0.3, 0.4) is 0 Å². The zero-order valence-electron chi connectivity index (χ0n) is 18.3. The van der Waals surface area contributed by atoms with Crippen molar-refractivity contribution in [1.29, 1.82) is 0 Å². The molecular weight excluding hydrogens is 431 g/mol. The summed E-state index contributed by atoms with van der Waals surface area (Å²) in [4.78, 5) is 30.1. The van der Waals surface area contributed by atoms with Gasteiger partial charge in [-0.15, -0.1) is 24.8 Å². The van der Waals surface area contributed by atoms with Crippen LogP contribution in [0.1, 0.15) is 59.1 Å². The average Bonchev–Trinajstić information content (AvgIpc) is 2.67. The van der Waals surface area contributed by atoms with E-state index >= 15 is 0 Å². The lowest BCUT2D eigenvalue weighted by molar-refractivity contribution is -0.0973. The molecule has 1 aromatic heterocycles. The zero-order valence-corrected chi connectivity index (χ0v) is 19.9. The van der Waals surface area contributed by atoms with Crippen molar-refractivity contribution in [2.75, 3.05) is 13.1 Å². The number of rotatable bonds is 12. The first-order chi connectivity index (χ1) is 13.5. The Morgan fingerprint density at radius 1 is 0.967 bits per heavy atom. The zero-order chi connectivity index (χ0) is 20.8. The molecule has 0 aliphatic carbocycles. The summed E-state index contributed by atoms with van der Waals surface area (Å²) in [5.74, 6) is 0.